The van der Waals surface area contributed by atoms with Crippen LogP contribution in [0.5, 0.6) is 0 Å². The van der Waals surface area contributed by atoms with Crippen LogP contribution >= 0.6 is 0 Å². The predicted octanol–water partition coefficient (Wildman–Crippen LogP) is 3.32. The predicted molar refractivity (Wildman–Crippen MR) is 48.4 cm³/mol. The number of nitrogens with one attached hydrogen (secondary N) is 1. The fourth-order valence-electron chi connectivity index (χ4n) is 0.385. The van der Waals surface area contributed by atoms with E-state index in [9.17, 15) is 0 Å². The summed E-state index contributed by atoms with van der Waals surface area (Å²) in [6.07, 6.45) is 0. The summed E-state index contributed by atoms with van der Waals surface area (Å²) in [4.78, 5) is 1.75. The molecule has 0 spiro atoms. The quantitative estimate of drug-likeness (QED) is 0.302. The van der Waals surface area contributed by atoms with E-state index in [2.05, 4.69) is 0 Å². The molecule has 0 aromatic heterocycles. The van der Waals surface area contributed by atoms with E-state index in [0.717, 1.165) is 0 Å². The topological polar surface area (TPSA) is 60.3 Å². The van der Waals surface area contributed by atoms with Crippen LogP contribution in [0, 0.1) is 5.53 Å². The van der Waals surface area contributed by atoms with Gasteiger partial charge >= 0.3 is 0 Å². The minimum absolute atomic E-state index is 0. The van der Waals surface area contributed by atoms with E-state index >= 15 is 0 Å². The van der Waals surface area contributed by atoms with Gasteiger partial charge in [-0.25, -0.2) is 0 Å². The highest BCUT2D eigenvalue weighted by Crippen LogP contribution is 1.79. The zero-order valence-corrected chi connectivity index (χ0v) is 6.90. The molecule has 0 aliphatic heterocycles. The second-order valence-electron chi connectivity index (χ2n) is 1.25. The molecule has 0 saturated heterocycles. The Kier molecular flexibility index (Phi) is 123. The molecule has 1 rings (SSSR count). The molecule has 86 valence electrons. The maximum absolute atomic E-state index is 6.86. The Labute approximate surface area is 77.0 Å². The van der Waals surface area contributed by atoms with Gasteiger partial charge in [0, 0.05) is 0 Å². The zero-order chi connectivity index (χ0) is 6.95. The number of hydrogen-bond acceptors (Lipinski definition) is 1. The normalized spacial score (nSPS) is 4.00. The van der Waals surface area contributed by atoms with Crippen molar-refractivity contribution in [3.63, 3.8) is 0 Å². The molecule has 0 atom stereocenters. The molecule has 1 aromatic rings. The van der Waals surface area contributed by atoms with Gasteiger partial charge in [-0.15, -0.1) is 5.53 Å². The van der Waals surface area contributed by atoms with Crippen LogP contribution in [0.3, 0.4) is 0 Å². The summed E-state index contributed by atoms with van der Waals surface area (Å²) in [5.41, 5.74) is 12.2. The Hall–Kier alpha value is -1.82. The Morgan fingerprint density at radius 2 is 0.714 bits per heavy atom. The molecule has 0 saturated carbocycles. The van der Waals surface area contributed by atoms with E-state index in [0.29, 0.717) is 0 Å². The standard InChI is InChI=1S/C6H6.5FH.HN3/c1-2-4-6-5-3-1;;;;;;1-3-2/h1-6H;5*1H;1H. The molecule has 3 nitrogen and oxygen atoms in total. The third kappa shape index (κ3) is 49.1. The van der Waals surface area contributed by atoms with E-state index in [1.54, 1.807) is 4.91 Å². The van der Waals surface area contributed by atoms with Crippen molar-refractivity contribution >= 4 is 0 Å². The fraction of sp³-hybridized carbons (Fsp3) is 0. The molecular weight excluding hydrogens is 209 g/mol. The van der Waals surface area contributed by atoms with Crippen molar-refractivity contribution in [2.75, 3.05) is 0 Å². The first-order chi connectivity index (χ1) is 4.41. The van der Waals surface area contributed by atoms with Gasteiger partial charge in [0.2, 0.25) is 0 Å². The van der Waals surface area contributed by atoms with Gasteiger partial charge in [-0.1, -0.05) is 36.4 Å². The lowest BCUT2D eigenvalue weighted by molar-refractivity contribution is 1.11. The highest BCUT2D eigenvalue weighted by molar-refractivity contribution is 4.99. The van der Waals surface area contributed by atoms with E-state index < -0.39 is 0 Å². The number of nitrogens with zero attached hydrogens (tertiary/aromatic N) is 2. The third-order valence-electron chi connectivity index (χ3n) is 0.667. The molecule has 0 amide bonds. The second-order valence-corrected chi connectivity index (χ2v) is 1.25. The lowest BCUT2D eigenvalue weighted by atomic mass is 10.4. The molecule has 0 aliphatic carbocycles. The lowest BCUT2D eigenvalue weighted by Gasteiger charge is -1.69. The number of hydrogen-bond donors (Lipinski definition) is 1. The Balaban J connectivity index is -0.0000000186. The Morgan fingerprint density at radius 1 is 0.643 bits per heavy atom. The van der Waals surface area contributed by atoms with Crippen LogP contribution in [0.25, 0.3) is 10.4 Å². The summed E-state index contributed by atoms with van der Waals surface area (Å²) < 4.78 is 0. The monoisotopic (exact) mass is 221 g/mol. The summed E-state index contributed by atoms with van der Waals surface area (Å²) in [7, 11) is 0. The number of rotatable bonds is 0. The summed E-state index contributed by atoms with van der Waals surface area (Å²) in [6.45, 7) is 0. The Bertz CT molecular complexity index is 151. The van der Waals surface area contributed by atoms with Gasteiger partial charge in [0.05, 0.1) is 0 Å². The van der Waals surface area contributed by atoms with Crippen molar-refractivity contribution in [2.45, 2.75) is 0 Å². The van der Waals surface area contributed by atoms with E-state index in [4.69, 9.17) is 11.1 Å². The van der Waals surface area contributed by atoms with Crippen LogP contribution in [0.1, 0.15) is 0 Å². The minimum atomic E-state index is 0. The first-order valence-corrected chi connectivity index (χ1v) is 2.42. The van der Waals surface area contributed by atoms with Gasteiger partial charge in [-0.05, 0) is 10.4 Å². The lowest BCUT2D eigenvalue weighted by Crippen LogP contribution is -1.47. The molecule has 0 fully saturated rings. The van der Waals surface area contributed by atoms with Crippen LogP contribution in [-0.2, 0) is 0 Å². The Morgan fingerprint density at radius 3 is 0.786 bits per heavy atom. The van der Waals surface area contributed by atoms with Gasteiger partial charge in [0.1, 0.15) is 0 Å². The maximum atomic E-state index is 6.86. The van der Waals surface area contributed by atoms with Gasteiger partial charge in [0.25, 0.3) is 0 Å². The number of benzene rings is 1. The molecule has 0 heterocycles. The maximum Gasteiger partial charge on any atom is -0.00208 e. The molecule has 1 aromatic carbocycles. The van der Waals surface area contributed by atoms with Gasteiger partial charge in [-0.3, -0.25) is 23.5 Å². The molecule has 8 heteroatoms. The largest absolute Gasteiger partial charge is 0.269 e. The molecule has 14 heavy (non-hydrogen) atoms. The van der Waals surface area contributed by atoms with Crippen molar-refractivity contribution in [2.24, 2.45) is 0 Å². The van der Waals surface area contributed by atoms with E-state index in [-0.39, 0.29) is 23.5 Å². The molecule has 0 radical (unpaired) electrons. The summed E-state index contributed by atoms with van der Waals surface area (Å²) in [6, 6.07) is 12.0. The first kappa shape index (κ1) is 39.9. The van der Waals surface area contributed by atoms with Gasteiger partial charge < -0.3 is 0 Å². The first-order valence-electron chi connectivity index (χ1n) is 2.42. The average molecular weight is 221 g/mol. The van der Waals surface area contributed by atoms with Crippen LogP contribution in [0.4, 0.5) is 23.5 Å². The van der Waals surface area contributed by atoms with Crippen molar-refractivity contribution in [3.8, 4) is 0 Å². The summed E-state index contributed by atoms with van der Waals surface area (Å²) in [5, 5.41) is 0. The molecule has 0 bridgehead atoms. The minimum Gasteiger partial charge on any atom is -0.269 e. The smallest absolute Gasteiger partial charge is 0.00208 e. The average Bonchev–Trinajstić information content (AvgIpc) is 1.93. The third-order valence-corrected chi connectivity index (χ3v) is 0.667. The fourth-order valence-corrected chi connectivity index (χ4v) is 0.385. The summed E-state index contributed by atoms with van der Waals surface area (Å²) in [5.74, 6) is 0. The number of halogens is 5. The van der Waals surface area contributed by atoms with Crippen LogP contribution in [0.15, 0.2) is 36.4 Å². The van der Waals surface area contributed by atoms with Crippen molar-refractivity contribution in [1.82, 2.24) is 0 Å². The highest BCUT2D eigenvalue weighted by atomic mass is 19.0. The van der Waals surface area contributed by atoms with E-state index in [1.807, 2.05) is 36.4 Å². The molecular formula is C6H12F5N3. The van der Waals surface area contributed by atoms with Crippen LogP contribution < -0.4 is 0 Å². The van der Waals surface area contributed by atoms with Gasteiger partial charge in [-0.2, -0.15) is 0 Å². The van der Waals surface area contributed by atoms with Gasteiger partial charge in [0.15, 0.2) is 0 Å². The van der Waals surface area contributed by atoms with E-state index in [1.165, 1.54) is 0 Å². The molecule has 0 aliphatic rings. The second kappa shape index (κ2) is 43.2. The van der Waals surface area contributed by atoms with Crippen LogP contribution in [-0.4, -0.2) is 0 Å². The molecule has 0 unspecified atom stereocenters. The summed E-state index contributed by atoms with van der Waals surface area (Å²) >= 11 is 0. The molecule has 1 N–H and O–H groups in total. The highest BCUT2D eigenvalue weighted by Gasteiger charge is 1.57. The van der Waals surface area contributed by atoms with Crippen LogP contribution in [0.2, 0.25) is 0 Å². The van der Waals surface area contributed by atoms with Crippen molar-refractivity contribution < 1.29 is 23.5 Å². The SMILES string of the molecule is F.F.F.F.F.[N-]=[N+]=N.c1ccccc1. The van der Waals surface area contributed by atoms with Crippen molar-refractivity contribution in [1.29, 1.82) is 5.53 Å². The zero-order valence-electron chi connectivity index (χ0n) is 6.90. The van der Waals surface area contributed by atoms with Crippen molar-refractivity contribution in [3.05, 3.63) is 46.8 Å².